The van der Waals surface area contributed by atoms with Gasteiger partial charge in [-0.1, -0.05) is 36.0 Å². The average molecular weight is 409 g/mol. The van der Waals surface area contributed by atoms with E-state index in [-0.39, 0.29) is 5.91 Å². The van der Waals surface area contributed by atoms with Gasteiger partial charge in [-0.3, -0.25) is 9.36 Å². The molecule has 1 aliphatic carbocycles. The van der Waals surface area contributed by atoms with Crippen LogP contribution in [-0.4, -0.2) is 31.3 Å². The summed E-state index contributed by atoms with van der Waals surface area (Å²) in [5.41, 5.74) is 2.09. The smallest absolute Gasteiger partial charge is 0.237 e. The largest absolute Gasteiger partial charge is 0.467 e. The first kappa shape index (κ1) is 19.5. The van der Waals surface area contributed by atoms with Crippen molar-refractivity contribution in [3.05, 3.63) is 72.1 Å². The molecule has 0 radical (unpaired) electrons. The first-order chi connectivity index (χ1) is 14.2. The lowest BCUT2D eigenvalue weighted by Crippen LogP contribution is -2.32. The van der Waals surface area contributed by atoms with Gasteiger partial charge in [-0.25, -0.2) is 0 Å². The summed E-state index contributed by atoms with van der Waals surface area (Å²) in [7, 11) is 0. The van der Waals surface area contributed by atoms with Gasteiger partial charge in [0.25, 0.3) is 0 Å². The second-order valence-electron chi connectivity index (χ2n) is 6.99. The lowest BCUT2D eigenvalue weighted by atomic mass is 10.0. The molecule has 7 heteroatoms. The summed E-state index contributed by atoms with van der Waals surface area (Å²) in [6.45, 7) is 2.38. The zero-order valence-corrected chi connectivity index (χ0v) is 17.3. The van der Waals surface area contributed by atoms with Crippen molar-refractivity contribution < 1.29 is 9.21 Å². The SMILES string of the molecule is Cc1nnc(SCC(=O)N(Cc2ccco2)C2=CCCCC2)n1-c1ccccc1. The van der Waals surface area contributed by atoms with Gasteiger partial charge in [-0.05, 0) is 56.9 Å². The van der Waals surface area contributed by atoms with E-state index in [0.29, 0.717) is 12.3 Å². The number of carbonyl (C=O) groups is 1. The number of aryl methyl sites for hydroxylation is 1. The van der Waals surface area contributed by atoms with Crippen LogP contribution in [0.25, 0.3) is 5.69 Å². The van der Waals surface area contributed by atoms with Gasteiger partial charge in [-0.2, -0.15) is 0 Å². The summed E-state index contributed by atoms with van der Waals surface area (Å²) in [5, 5.41) is 9.21. The molecular weight excluding hydrogens is 384 g/mol. The summed E-state index contributed by atoms with van der Waals surface area (Å²) >= 11 is 1.42. The minimum atomic E-state index is 0.0554. The van der Waals surface area contributed by atoms with Crippen LogP contribution in [0.5, 0.6) is 0 Å². The predicted octanol–water partition coefficient (Wildman–Crippen LogP) is 4.75. The summed E-state index contributed by atoms with van der Waals surface area (Å²) in [4.78, 5) is 15.0. The van der Waals surface area contributed by atoms with Crippen LogP contribution in [0.1, 0.15) is 37.3 Å². The quantitative estimate of drug-likeness (QED) is 0.528. The van der Waals surface area contributed by atoms with Crippen LogP contribution in [0.4, 0.5) is 0 Å². The molecule has 0 unspecified atom stereocenters. The third-order valence-corrected chi connectivity index (χ3v) is 5.86. The zero-order chi connectivity index (χ0) is 20.1. The maximum atomic E-state index is 13.2. The Kier molecular flexibility index (Phi) is 6.14. The average Bonchev–Trinajstić information content (AvgIpc) is 3.41. The van der Waals surface area contributed by atoms with E-state index in [1.807, 2.05) is 58.9 Å². The van der Waals surface area contributed by atoms with Crippen LogP contribution in [-0.2, 0) is 11.3 Å². The fraction of sp³-hybridized carbons (Fsp3) is 0.318. The molecule has 0 saturated heterocycles. The zero-order valence-electron chi connectivity index (χ0n) is 16.5. The Morgan fingerprint density at radius 2 is 2.03 bits per heavy atom. The van der Waals surface area contributed by atoms with Gasteiger partial charge in [0, 0.05) is 11.4 Å². The molecule has 3 aromatic rings. The lowest BCUT2D eigenvalue weighted by Gasteiger charge is -2.27. The van der Waals surface area contributed by atoms with Crippen molar-refractivity contribution in [3.63, 3.8) is 0 Å². The van der Waals surface area contributed by atoms with Crippen LogP contribution >= 0.6 is 11.8 Å². The van der Waals surface area contributed by atoms with Crippen LogP contribution < -0.4 is 0 Å². The molecule has 0 N–H and O–H groups in total. The van der Waals surface area contributed by atoms with E-state index in [1.54, 1.807) is 6.26 Å². The third kappa shape index (κ3) is 4.62. The highest BCUT2D eigenvalue weighted by Gasteiger charge is 2.22. The maximum Gasteiger partial charge on any atom is 0.237 e. The Bertz CT molecular complexity index is 980. The molecule has 29 heavy (non-hydrogen) atoms. The van der Waals surface area contributed by atoms with E-state index >= 15 is 0 Å². The molecule has 0 spiro atoms. The Hall–Kier alpha value is -2.80. The van der Waals surface area contributed by atoms with Crippen molar-refractivity contribution in [2.24, 2.45) is 0 Å². The van der Waals surface area contributed by atoms with Crippen molar-refractivity contribution in [1.29, 1.82) is 0 Å². The molecule has 0 fully saturated rings. The fourth-order valence-corrected chi connectivity index (χ4v) is 4.36. The van der Waals surface area contributed by atoms with Crippen molar-refractivity contribution in [2.45, 2.75) is 44.3 Å². The molecule has 150 valence electrons. The second-order valence-corrected chi connectivity index (χ2v) is 7.93. The first-order valence-electron chi connectivity index (χ1n) is 9.84. The number of para-hydroxylation sites is 1. The third-order valence-electron chi connectivity index (χ3n) is 4.94. The van der Waals surface area contributed by atoms with Crippen LogP contribution in [0.15, 0.2) is 70.1 Å². The molecule has 1 aromatic carbocycles. The Morgan fingerprint density at radius 1 is 1.17 bits per heavy atom. The summed E-state index contributed by atoms with van der Waals surface area (Å²) in [6.07, 6.45) is 8.07. The molecule has 4 rings (SSSR count). The lowest BCUT2D eigenvalue weighted by molar-refractivity contribution is -0.127. The van der Waals surface area contributed by atoms with Gasteiger partial charge >= 0.3 is 0 Å². The van der Waals surface area contributed by atoms with E-state index in [2.05, 4.69) is 16.3 Å². The molecule has 1 amide bonds. The first-order valence-corrected chi connectivity index (χ1v) is 10.8. The monoisotopic (exact) mass is 408 g/mol. The highest BCUT2D eigenvalue weighted by Crippen LogP contribution is 2.26. The molecule has 0 aliphatic heterocycles. The molecule has 1 aliphatic rings. The molecule has 0 bridgehead atoms. The number of carbonyl (C=O) groups excluding carboxylic acids is 1. The number of amides is 1. The number of allylic oxidation sites excluding steroid dienone is 2. The Labute approximate surface area is 174 Å². The van der Waals surface area contributed by atoms with Gasteiger partial charge in [-0.15, -0.1) is 10.2 Å². The molecular formula is C22H24N4O2S. The standard InChI is InChI=1S/C22H24N4O2S/c1-17-23-24-22(26(17)19-11-6-3-7-12-19)29-16-21(27)25(15-20-13-8-14-28-20)18-9-4-2-5-10-18/h3,6-9,11-14H,2,4-5,10,15-16H2,1H3. The van der Waals surface area contributed by atoms with Crippen molar-refractivity contribution in [2.75, 3.05) is 5.75 Å². The van der Waals surface area contributed by atoms with E-state index in [9.17, 15) is 4.79 Å². The molecule has 6 nitrogen and oxygen atoms in total. The van der Waals surface area contributed by atoms with Crippen molar-refractivity contribution >= 4 is 17.7 Å². The molecule has 2 heterocycles. The van der Waals surface area contributed by atoms with Crippen molar-refractivity contribution in [1.82, 2.24) is 19.7 Å². The second kappa shape index (κ2) is 9.13. The van der Waals surface area contributed by atoms with Crippen LogP contribution in [0.2, 0.25) is 0 Å². The fourth-order valence-electron chi connectivity index (χ4n) is 3.49. The number of rotatable bonds is 7. The van der Waals surface area contributed by atoms with Gasteiger partial charge in [0.1, 0.15) is 11.6 Å². The minimum absolute atomic E-state index is 0.0554. The van der Waals surface area contributed by atoms with Crippen LogP contribution in [0, 0.1) is 6.92 Å². The topological polar surface area (TPSA) is 64.2 Å². The predicted molar refractivity (Wildman–Crippen MR) is 113 cm³/mol. The number of thioether (sulfide) groups is 1. The molecule has 0 atom stereocenters. The van der Waals surface area contributed by atoms with E-state index in [4.69, 9.17) is 4.42 Å². The van der Waals surface area contributed by atoms with E-state index in [0.717, 1.165) is 47.4 Å². The number of aromatic nitrogens is 3. The number of benzene rings is 1. The number of hydrogen-bond donors (Lipinski definition) is 0. The highest BCUT2D eigenvalue weighted by atomic mass is 32.2. The van der Waals surface area contributed by atoms with E-state index in [1.165, 1.54) is 18.2 Å². The van der Waals surface area contributed by atoms with E-state index < -0.39 is 0 Å². The Morgan fingerprint density at radius 3 is 2.76 bits per heavy atom. The van der Waals surface area contributed by atoms with Crippen molar-refractivity contribution in [3.8, 4) is 5.69 Å². The Balaban J connectivity index is 1.51. The summed E-state index contributed by atoms with van der Waals surface area (Å²) < 4.78 is 7.47. The number of nitrogens with zero attached hydrogens (tertiary/aromatic N) is 4. The minimum Gasteiger partial charge on any atom is -0.467 e. The molecule has 0 saturated carbocycles. The maximum absolute atomic E-state index is 13.2. The highest BCUT2D eigenvalue weighted by molar-refractivity contribution is 7.99. The molecule has 2 aromatic heterocycles. The normalized spacial score (nSPS) is 13.9. The number of furan rings is 1. The van der Waals surface area contributed by atoms with Gasteiger partial charge in [0.2, 0.25) is 5.91 Å². The summed E-state index contributed by atoms with van der Waals surface area (Å²) in [6, 6.07) is 13.7. The van der Waals surface area contributed by atoms with Gasteiger partial charge in [0.05, 0.1) is 18.6 Å². The summed E-state index contributed by atoms with van der Waals surface area (Å²) in [5.74, 6) is 1.94. The number of hydrogen-bond acceptors (Lipinski definition) is 5. The van der Waals surface area contributed by atoms with Crippen LogP contribution in [0.3, 0.4) is 0 Å². The van der Waals surface area contributed by atoms with Gasteiger partial charge in [0.15, 0.2) is 5.16 Å². The van der Waals surface area contributed by atoms with Gasteiger partial charge < -0.3 is 9.32 Å².